The highest BCUT2D eigenvalue weighted by Crippen LogP contribution is 2.26. The molecule has 4 rings (SSSR count). The molecule has 1 saturated heterocycles. The van der Waals surface area contributed by atoms with Crippen molar-refractivity contribution < 1.29 is 13.2 Å². The van der Waals surface area contributed by atoms with Crippen molar-refractivity contribution in [3.05, 3.63) is 36.3 Å². The van der Waals surface area contributed by atoms with Crippen LogP contribution in [0, 0.1) is 6.92 Å². The number of piperazine rings is 1. The minimum atomic E-state index is -3.62. The minimum absolute atomic E-state index is 0.204. The van der Waals surface area contributed by atoms with Crippen LogP contribution >= 0.6 is 0 Å². The van der Waals surface area contributed by atoms with Gasteiger partial charge in [0.25, 0.3) is 0 Å². The van der Waals surface area contributed by atoms with Crippen molar-refractivity contribution in [1.29, 1.82) is 0 Å². The van der Waals surface area contributed by atoms with Crippen molar-refractivity contribution in [3.63, 3.8) is 0 Å². The van der Waals surface area contributed by atoms with E-state index in [0.717, 1.165) is 22.5 Å². The van der Waals surface area contributed by atoms with Crippen molar-refractivity contribution in [1.82, 2.24) is 24.1 Å². The quantitative estimate of drug-likeness (QED) is 0.662. The van der Waals surface area contributed by atoms with Crippen molar-refractivity contribution in [2.24, 2.45) is 7.05 Å². The lowest BCUT2D eigenvalue weighted by atomic mass is 10.3. The maximum atomic E-state index is 13.0. The van der Waals surface area contributed by atoms with Gasteiger partial charge in [0.1, 0.15) is 17.4 Å². The molecule has 10 nitrogen and oxygen atoms in total. The first-order chi connectivity index (χ1) is 14.3. The van der Waals surface area contributed by atoms with Crippen molar-refractivity contribution in [2.75, 3.05) is 36.4 Å². The number of aryl methyl sites for hydroxylation is 2. The summed E-state index contributed by atoms with van der Waals surface area (Å²) in [6, 6.07) is 6.21. The first kappa shape index (κ1) is 20.2. The van der Waals surface area contributed by atoms with Crippen LogP contribution in [0.15, 0.2) is 35.5 Å². The number of hydrogen-bond acceptors (Lipinski definition) is 7. The van der Waals surface area contributed by atoms with Gasteiger partial charge in [-0.3, -0.25) is 9.48 Å². The maximum Gasteiger partial charge on any atom is 0.243 e. The van der Waals surface area contributed by atoms with E-state index in [1.165, 1.54) is 29.7 Å². The Bertz CT molecular complexity index is 1200. The molecule has 158 valence electrons. The molecular formula is C19H23N7O3S. The molecule has 1 aliphatic rings. The molecule has 0 bridgehead atoms. The van der Waals surface area contributed by atoms with Crippen molar-refractivity contribution in [3.8, 4) is 0 Å². The molecule has 0 aliphatic carbocycles. The summed E-state index contributed by atoms with van der Waals surface area (Å²) in [6.45, 7) is 5.03. The second-order valence-electron chi connectivity index (χ2n) is 7.20. The zero-order valence-corrected chi connectivity index (χ0v) is 17.8. The topological polar surface area (TPSA) is 113 Å². The monoisotopic (exact) mass is 429 g/mol. The fourth-order valence-electron chi connectivity index (χ4n) is 3.69. The molecule has 0 spiro atoms. The standard InChI is InChI=1S/C19H23N7O3S/c1-13-17-18(24(3)23-13)19(21-12-20-17)25-8-10-26(11-9-25)30(28,29)16-6-4-15(5-7-16)22-14(2)27/h4-7,12H,8-11H2,1-3H3,(H,22,27). The van der Waals surface area contributed by atoms with Crippen LogP contribution in [0.4, 0.5) is 11.5 Å². The van der Waals surface area contributed by atoms with Gasteiger partial charge in [0, 0.05) is 45.8 Å². The Morgan fingerprint density at radius 2 is 1.73 bits per heavy atom. The SMILES string of the molecule is CC(=O)Nc1ccc(S(=O)(=O)N2CCN(c3ncnc4c(C)nn(C)c34)CC2)cc1. The normalized spacial score (nSPS) is 15.5. The second kappa shape index (κ2) is 7.65. The summed E-state index contributed by atoms with van der Waals surface area (Å²) in [5.41, 5.74) is 3.04. The number of hydrogen-bond donors (Lipinski definition) is 1. The summed E-state index contributed by atoms with van der Waals surface area (Å²) in [7, 11) is -1.76. The lowest BCUT2D eigenvalue weighted by molar-refractivity contribution is -0.114. The highest BCUT2D eigenvalue weighted by Gasteiger charge is 2.30. The number of rotatable bonds is 4. The van der Waals surface area contributed by atoms with Gasteiger partial charge in [-0.05, 0) is 31.2 Å². The Hall–Kier alpha value is -3.05. The molecular weight excluding hydrogens is 406 g/mol. The third-order valence-electron chi connectivity index (χ3n) is 5.12. The Morgan fingerprint density at radius 3 is 2.37 bits per heavy atom. The molecule has 0 radical (unpaired) electrons. The fourth-order valence-corrected chi connectivity index (χ4v) is 5.11. The smallest absolute Gasteiger partial charge is 0.243 e. The molecule has 3 heterocycles. The van der Waals surface area contributed by atoms with Crippen LogP contribution in [0.1, 0.15) is 12.6 Å². The minimum Gasteiger partial charge on any atom is -0.352 e. The van der Waals surface area contributed by atoms with Crippen LogP contribution in [0.3, 0.4) is 0 Å². The molecule has 1 fully saturated rings. The number of sulfonamides is 1. The number of carbonyl (C=O) groups is 1. The van der Waals surface area contributed by atoms with E-state index in [1.807, 2.05) is 14.0 Å². The average molecular weight is 430 g/mol. The van der Waals surface area contributed by atoms with Gasteiger partial charge < -0.3 is 10.2 Å². The van der Waals surface area contributed by atoms with E-state index in [-0.39, 0.29) is 10.8 Å². The summed E-state index contributed by atoms with van der Waals surface area (Å²) >= 11 is 0. The number of fused-ring (bicyclic) bond motifs is 1. The number of amides is 1. The Kier molecular flexibility index (Phi) is 5.16. The summed E-state index contributed by atoms with van der Waals surface area (Å²) in [6.07, 6.45) is 1.52. The Balaban J connectivity index is 1.51. The summed E-state index contributed by atoms with van der Waals surface area (Å²) in [5, 5.41) is 7.05. The van der Waals surface area contributed by atoms with E-state index in [0.29, 0.717) is 31.9 Å². The average Bonchev–Trinajstić information content (AvgIpc) is 3.02. The van der Waals surface area contributed by atoms with Gasteiger partial charge in [0.15, 0.2) is 5.82 Å². The van der Waals surface area contributed by atoms with Gasteiger partial charge >= 0.3 is 0 Å². The summed E-state index contributed by atoms with van der Waals surface area (Å²) in [4.78, 5) is 22.2. The van der Waals surface area contributed by atoms with Gasteiger partial charge in [0.05, 0.1) is 10.6 Å². The summed E-state index contributed by atoms with van der Waals surface area (Å²) in [5.74, 6) is 0.559. The van der Waals surface area contributed by atoms with Gasteiger partial charge in [0.2, 0.25) is 15.9 Å². The number of anilines is 2. The van der Waals surface area contributed by atoms with Crippen LogP contribution in [-0.2, 0) is 21.9 Å². The first-order valence-corrected chi connectivity index (χ1v) is 11.0. The molecule has 30 heavy (non-hydrogen) atoms. The number of nitrogens with zero attached hydrogens (tertiary/aromatic N) is 6. The Morgan fingerprint density at radius 1 is 1.07 bits per heavy atom. The van der Waals surface area contributed by atoms with Gasteiger partial charge in [-0.1, -0.05) is 0 Å². The van der Waals surface area contributed by atoms with Crippen LogP contribution in [-0.4, -0.2) is 64.6 Å². The lowest BCUT2D eigenvalue weighted by Gasteiger charge is -2.34. The predicted octanol–water partition coefficient (Wildman–Crippen LogP) is 1.14. The number of nitrogens with one attached hydrogen (secondary N) is 1. The predicted molar refractivity (Wildman–Crippen MR) is 113 cm³/mol. The highest BCUT2D eigenvalue weighted by atomic mass is 32.2. The zero-order valence-electron chi connectivity index (χ0n) is 17.0. The van der Waals surface area contributed by atoms with Crippen LogP contribution in [0.5, 0.6) is 0 Å². The van der Waals surface area contributed by atoms with Gasteiger partial charge in [-0.15, -0.1) is 0 Å². The summed E-state index contributed by atoms with van der Waals surface area (Å²) < 4.78 is 29.3. The van der Waals surface area contributed by atoms with Gasteiger partial charge in [-0.25, -0.2) is 18.4 Å². The third kappa shape index (κ3) is 3.61. The highest BCUT2D eigenvalue weighted by molar-refractivity contribution is 7.89. The lowest BCUT2D eigenvalue weighted by Crippen LogP contribution is -2.49. The van der Waals surface area contributed by atoms with E-state index in [1.54, 1.807) is 16.8 Å². The van der Waals surface area contributed by atoms with Gasteiger partial charge in [-0.2, -0.15) is 9.40 Å². The molecule has 11 heteroatoms. The number of aromatic nitrogens is 4. The molecule has 0 unspecified atom stereocenters. The maximum absolute atomic E-state index is 13.0. The van der Waals surface area contributed by atoms with E-state index in [2.05, 4.69) is 25.3 Å². The number of carbonyl (C=O) groups excluding carboxylic acids is 1. The fraction of sp³-hybridized carbons (Fsp3) is 0.368. The van der Waals surface area contributed by atoms with Crippen LogP contribution in [0.25, 0.3) is 11.0 Å². The van der Waals surface area contributed by atoms with E-state index < -0.39 is 10.0 Å². The largest absolute Gasteiger partial charge is 0.352 e. The van der Waals surface area contributed by atoms with E-state index in [4.69, 9.17) is 0 Å². The van der Waals surface area contributed by atoms with Crippen LogP contribution in [0.2, 0.25) is 0 Å². The van der Waals surface area contributed by atoms with Crippen molar-refractivity contribution in [2.45, 2.75) is 18.7 Å². The van der Waals surface area contributed by atoms with Crippen molar-refractivity contribution >= 4 is 38.5 Å². The third-order valence-corrected chi connectivity index (χ3v) is 7.03. The second-order valence-corrected chi connectivity index (χ2v) is 9.14. The molecule has 0 atom stereocenters. The molecule has 1 aromatic carbocycles. The Labute approximate surface area is 174 Å². The molecule has 1 N–H and O–H groups in total. The molecule has 1 aliphatic heterocycles. The molecule has 0 saturated carbocycles. The van der Waals surface area contributed by atoms with E-state index in [9.17, 15) is 13.2 Å². The molecule has 3 aromatic rings. The number of benzene rings is 1. The molecule has 2 aromatic heterocycles. The molecule has 1 amide bonds. The van der Waals surface area contributed by atoms with E-state index >= 15 is 0 Å². The first-order valence-electron chi connectivity index (χ1n) is 9.54. The zero-order chi connectivity index (χ0) is 21.5. The van der Waals surface area contributed by atoms with Crippen LogP contribution < -0.4 is 10.2 Å².